The topological polar surface area (TPSA) is 29.1 Å². The maximum atomic E-state index is 10.9. The Bertz CT molecular complexity index is 323. The Morgan fingerprint density at radius 3 is 2.69 bits per heavy atom. The Morgan fingerprint density at radius 1 is 1.46 bits per heavy atom. The minimum Gasteiger partial charge on any atom is -0.325 e. The van der Waals surface area contributed by atoms with Gasteiger partial charge in [-0.3, -0.25) is 4.79 Å². The lowest BCUT2D eigenvalue weighted by Gasteiger charge is -2.08. The van der Waals surface area contributed by atoms with E-state index < -0.39 is 0 Å². The number of hydrogen-bond donors (Lipinski definition) is 1. The first kappa shape index (κ1) is 10.1. The molecule has 0 radical (unpaired) electrons. The van der Waals surface area contributed by atoms with Crippen molar-refractivity contribution in [2.45, 2.75) is 18.7 Å². The number of carbonyl (C=O) groups is 1. The molecule has 0 heterocycles. The number of nitrogens with one attached hydrogen (secondary N) is 1. The molecule has 0 aliphatic carbocycles. The molecular weight excluding hydrogens is 182 g/mol. The predicted molar refractivity (Wildman–Crippen MR) is 57.3 cm³/mol. The van der Waals surface area contributed by atoms with Crippen LogP contribution in [0.2, 0.25) is 0 Å². The summed E-state index contributed by atoms with van der Waals surface area (Å²) in [5.41, 5.74) is 2.06. The van der Waals surface area contributed by atoms with Crippen molar-refractivity contribution >= 4 is 23.4 Å². The zero-order chi connectivity index (χ0) is 9.84. The van der Waals surface area contributed by atoms with E-state index in [0.29, 0.717) is 0 Å². The van der Waals surface area contributed by atoms with Crippen LogP contribution in [-0.2, 0) is 4.79 Å². The van der Waals surface area contributed by atoms with Gasteiger partial charge >= 0.3 is 0 Å². The summed E-state index contributed by atoms with van der Waals surface area (Å²) in [6, 6.07) is 6.04. The van der Waals surface area contributed by atoms with E-state index in [4.69, 9.17) is 0 Å². The Labute approximate surface area is 82.7 Å². The summed E-state index contributed by atoms with van der Waals surface area (Å²) < 4.78 is 0. The smallest absolute Gasteiger partial charge is 0.221 e. The predicted octanol–water partition coefficient (Wildman–Crippen LogP) is 2.68. The summed E-state index contributed by atoms with van der Waals surface area (Å²) in [7, 11) is 0. The van der Waals surface area contributed by atoms with Crippen LogP contribution >= 0.6 is 11.8 Å². The lowest BCUT2D eigenvalue weighted by Crippen LogP contribution is -2.06. The van der Waals surface area contributed by atoms with Crippen LogP contribution in [0.5, 0.6) is 0 Å². The third-order valence-corrected chi connectivity index (χ3v) is 2.46. The molecule has 0 aliphatic rings. The zero-order valence-corrected chi connectivity index (χ0v) is 8.87. The first-order chi connectivity index (χ1) is 6.13. The highest BCUT2D eigenvalue weighted by molar-refractivity contribution is 7.98. The largest absolute Gasteiger partial charge is 0.325 e. The molecule has 0 saturated heterocycles. The number of anilines is 1. The molecule has 1 aromatic carbocycles. The molecule has 0 saturated carbocycles. The molecule has 0 aromatic heterocycles. The van der Waals surface area contributed by atoms with E-state index in [0.717, 1.165) is 16.1 Å². The summed E-state index contributed by atoms with van der Waals surface area (Å²) >= 11 is 1.63. The van der Waals surface area contributed by atoms with E-state index in [1.165, 1.54) is 6.92 Å². The van der Waals surface area contributed by atoms with Crippen molar-refractivity contribution in [3.8, 4) is 0 Å². The van der Waals surface area contributed by atoms with Gasteiger partial charge < -0.3 is 5.32 Å². The fourth-order valence-corrected chi connectivity index (χ4v) is 1.64. The molecule has 1 N–H and O–H groups in total. The molecule has 2 nitrogen and oxygen atoms in total. The lowest BCUT2D eigenvalue weighted by molar-refractivity contribution is -0.114. The van der Waals surface area contributed by atoms with E-state index >= 15 is 0 Å². The summed E-state index contributed by atoms with van der Waals surface area (Å²) in [6.07, 6.45) is 2.00. The molecule has 1 aromatic rings. The molecule has 0 fully saturated rings. The van der Waals surface area contributed by atoms with Crippen molar-refractivity contribution in [2.75, 3.05) is 11.6 Å². The van der Waals surface area contributed by atoms with Gasteiger partial charge in [-0.1, -0.05) is 6.07 Å². The van der Waals surface area contributed by atoms with Crippen molar-refractivity contribution in [3.63, 3.8) is 0 Å². The second-order valence-corrected chi connectivity index (χ2v) is 3.73. The average Bonchev–Trinajstić information content (AvgIpc) is 2.03. The highest BCUT2D eigenvalue weighted by Gasteiger charge is 2.02. The van der Waals surface area contributed by atoms with Crippen molar-refractivity contribution in [3.05, 3.63) is 23.8 Å². The number of rotatable bonds is 2. The molecule has 13 heavy (non-hydrogen) atoms. The molecule has 0 spiro atoms. The first-order valence-corrected chi connectivity index (χ1v) is 5.28. The number of amides is 1. The van der Waals surface area contributed by atoms with Crippen LogP contribution in [0.4, 0.5) is 5.69 Å². The Balaban J connectivity index is 3.01. The average molecular weight is 195 g/mol. The summed E-state index contributed by atoms with van der Waals surface area (Å²) in [5.74, 6) is -0.0269. The van der Waals surface area contributed by atoms with Crippen molar-refractivity contribution in [1.82, 2.24) is 0 Å². The second-order valence-electron chi connectivity index (χ2n) is 2.88. The lowest BCUT2D eigenvalue weighted by atomic mass is 10.2. The third-order valence-electron chi connectivity index (χ3n) is 1.67. The van der Waals surface area contributed by atoms with Gasteiger partial charge in [0.15, 0.2) is 0 Å². The van der Waals surface area contributed by atoms with Crippen LogP contribution in [0.25, 0.3) is 0 Å². The monoisotopic (exact) mass is 195 g/mol. The van der Waals surface area contributed by atoms with E-state index in [2.05, 4.69) is 5.32 Å². The molecule has 0 unspecified atom stereocenters. The van der Waals surface area contributed by atoms with Crippen LogP contribution in [0.3, 0.4) is 0 Å². The first-order valence-electron chi connectivity index (χ1n) is 4.05. The normalized spacial score (nSPS) is 9.77. The van der Waals surface area contributed by atoms with Gasteiger partial charge in [0, 0.05) is 11.8 Å². The Hall–Kier alpha value is -0.960. The molecule has 70 valence electrons. The second kappa shape index (κ2) is 4.33. The molecule has 3 heteroatoms. The van der Waals surface area contributed by atoms with E-state index in [9.17, 15) is 4.79 Å². The van der Waals surface area contributed by atoms with Crippen LogP contribution in [0, 0.1) is 6.92 Å². The van der Waals surface area contributed by atoms with Crippen LogP contribution in [0.15, 0.2) is 23.1 Å². The maximum absolute atomic E-state index is 10.9. The summed E-state index contributed by atoms with van der Waals surface area (Å²) in [5, 5.41) is 2.81. The van der Waals surface area contributed by atoms with Gasteiger partial charge in [0.25, 0.3) is 0 Å². The van der Waals surface area contributed by atoms with Crippen molar-refractivity contribution < 1.29 is 4.79 Å². The van der Waals surface area contributed by atoms with Crippen molar-refractivity contribution in [1.29, 1.82) is 0 Å². The quantitative estimate of drug-likeness (QED) is 0.735. The van der Waals surface area contributed by atoms with Gasteiger partial charge in [-0.25, -0.2) is 0 Å². The number of thioether (sulfide) groups is 1. The van der Waals surface area contributed by atoms with Gasteiger partial charge in [0.05, 0.1) is 5.69 Å². The van der Waals surface area contributed by atoms with Crippen LogP contribution in [-0.4, -0.2) is 12.2 Å². The fourth-order valence-electron chi connectivity index (χ4n) is 1.11. The van der Waals surface area contributed by atoms with Gasteiger partial charge in [0.2, 0.25) is 5.91 Å². The number of hydrogen-bond acceptors (Lipinski definition) is 2. The standard InChI is InChI=1S/C10H13NOS/c1-7-4-5-10(13-3)9(6-7)11-8(2)12/h4-6H,1-3H3,(H,11,12). The highest BCUT2D eigenvalue weighted by Crippen LogP contribution is 2.25. The number of carbonyl (C=O) groups excluding carboxylic acids is 1. The molecule has 0 aliphatic heterocycles. The summed E-state index contributed by atoms with van der Waals surface area (Å²) in [6.45, 7) is 3.53. The molecule has 0 atom stereocenters. The minimum atomic E-state index is -0.0269. The van der Waals surface area contributed by atoms with E-state index in [1.54, 1.807) is 11.8 Å². The fraction of sp³-hybridized carbons (Fsp3) is 0.300. The van der Waals surface area contributed by atoms with E-state index in [-0.39, 0.29) is 5.91 Å². The Kier molecular flexibility index (Phi) is 3.37. The highest BCUT2D eigenvalue weighted by atomic mass is 32.2. The van der Waals surface area contributed by atoms with Crippen LogP contribution < -0.4 is 5.32 Å². The number of aryl methyl sites for hydroxylation is 1. The van der Waals surface area contributed by atoms with Gasteiger partial charge in [-0.15, -0.1) is 11.8 Å². The molecular formula is C10H13NOS. The number of benzene rings is 1. The maximum Gasteiger partial charge on any atom is 0.221 e. The van der Waals surface area contributed by atoms with E-state index in [1.807, 2.05) is 31.4 Å². The van der Waals surface area contributed by atoms with Crippen LogP contribution in [0.1, 0.15) is 12.5 Å². The van der Waals surface area contributed by atoms with Crippen molar-refractivity contribution in [2.24, 2.45) is 0 Å². The summed E-state index contributed by atoms with van der Waals surface area (Å²) in [4.78, 5) is 12.0. The SMILES string of the molecule is CSc1ccc(C)cc1NC(C)=O. The molecule has 1 amide bonds. The minimum absolute atomic E-state index is 0.0269. The molecule has 0 bridgehead atoms. The zero-order valence-electron chi connectivity index (χ0n) is 8.05. The third kappa shape index (κ3) is 2.77. The van der Waals surface area contributed by atoms with Gasteiger partial charge in [-0.2, -0.15) is 0 Å². The Morgan fingerprint density at radius 2 is 2.15 bits per heavy atom. The van der Waals surface area contributed by atoms with Gasteiger partial charge in [-0.05, 0) is 30.9 Å². The van der Waals surface area contributed by atoms with Gasteiger partial charge in [0.1, 0.15) is 0 Å². The molecule has 1 rings (SSSR count).